The van der Waals surface area contributed by atoms with Gasteiger partial charge in [0.25, 0.3) is 5.91 Å². The molecule has 0 spiro atoms. The van der Waals surface area contributed by atoms with E-state index in [1.165, 1.54) is 29.3 Å². The number of aromatic nitrogens is 2. The molecule has 1 aliphatic rings. The van der Waals surface area contributed by atoms with Crippen LogP contribution in [0.1, 0.15) is 42.1 Å². The molecule has 1 fully saturated rings. The zero-order valence-electron chi connectivity index (χ0n) is 13.6. The fourth-order valence-electron chi connectivity index (χ4n) is 3.21. The second-order valence-electron chi connectivity index (χ2n) is 6.14. The standard InChI is InChI=1S/C17H19FN6O/c18-12-5-7-13(8-6-12)24(21)17-14(16(20)25)10-23(22-17)15-4-2-1-3-11(15)9-19/h5-8,10-11,15H,1-4,21H2,(H2,20,25)/t11?,15-/m0/s1. The second-order valence-corrected chi connectivity index (χ2v) is 6.14. The second kappa shape index (κ2) is 6.91. The van der Waals surface area contributed by atoms with Crippen LogP contribution in [0, 0.1) is 23.1 Å². The predicted octanol–water partition coefficient (Wildman–Crippen LogP) is 2.39. The number of hydrogen-bond acceptors (Lipinski definition) is 5. The van der Waals surface area contributed by atoms with Crippen molar-refractivity contribution in [2.75, 3.05) is 5.01 Å². The molecule has 8 heteroatoms. The van der Waals surface area contributed by atoms with E-state index in [2.05, 4.69) is 11.2 Å². The first-order valence-electron chi connectivity index (χ1n) is 8.10. The number of hydrazine groups is 1. The summed E-state index contributed by atoms with van der Waals surface area (Å²) in [6.07, 6.45) is 5.14. The summed E-state index contributed by atoms with van der Waals surface area (Å²) < 4.78 is 14.7. The Kier molecular flexibility index (Phi) is 4.67. The van der Waals surface area contributed by atoms with Gasteiger partial charge >= 0.3 is 0 Å². The third kappa shape index (κ3) is 3.32. The van der Waals surface area contributed by atoms with E-state index >= 15 is 0 Å². The maximum Gasteiger partial charge on any atom is 0.254 e. The Morgan fingerprint density at radius 2 is 2.00 bits per heavy atom. The topological polar surface area (TPSA) is 114 Å². The van der Waals surface area contributed by atoms with Gasteiger partial charge in [-0.3, -0.25) is 14.5 Å². The zero-order chi connectivity index (χ0) is 18.0. The van der Waals surface area contributed by atoms with Crippen molar-refractivity contribution < 1.29 is 9.18 Å². The monoisotopic (exact) mass is 342 g/mol. The van der Waals surface area contributed by atoms with E-state index in [0.29, 0.717) is 5.69 Å². The molecule has 0 aliphatic heterocycles. The number of primary amides is 1. The first-order valence-corrected chi connectivity index (χ1v) is 8.10. The van der Waals surface area contributed by atoms with Crippen molar-refractivity contribution >= 4 is 17.4 Å². The van der Waals surface area contributed by atoms with Gasteiger partial charge in [-0.05, 0) is 37.1 Å². The molecule has 1 heterocycles. The Balaban J connectivity index is 1.99. The first-order chi connectivity index (χ1) is 12.0. The van der Waals surface area contributed by atoms with Crippen molar-refractivity contribution in [3.05, 3.63) is 41.8 Å². The third-order valence-electron chi connectivity index (χ3n) is 4.55. The zero-order valence-corrected chi connectivity index (χ0v) is 13.6. The molecule has 2 atom stereocenters. The van der Waals surface area contributed by atoms with Crippen LogP contribution >= 0.6 is 0 Å². The van der Waals surface area contributed by atoms with Gasteiger partial charge < -0.3 is 5.73 Å². The molecule has 25 heavy (non-hydrogen) atoms. The van der Waals surface area contributed by atoms with Crippen molar-refractivity contribution in [3.8, 4) is 6.07 Å². The maximum atomic E-state index is 13.1. The molecule has 0 radical (unpaired) electrons. The molecule has 130 valence electrons. The molecule has 1 aliphatic carbocycles. The average molecular weight is 342 g/mol. The number of benzene rings is 1. The Labute approximate surface area is 144 Å². The summed E-state index contributed by atoms with van der Waals surface area (Å²) >= 11 is 0. The minimum atomic E-state index is -0.664. The lowest BCUT2D eigenvalue weighted by Gasteiger charge is -2.27. The first kappa shape index (κ1) is 16.9. The number of nitrogens with two attached hydrogens (primary N) is 2. The molecule has 1 aromatic heterocycles. The summed E-state index contributed by atoms with van der Waals surface area (Å²) in [6.45, 7) is 0. The number of carbonyl (C=O) groups excluding carboxylic acids is 1. The number of carbonyl (C=O) groups is 1. The molecule has 3 rings (SSSR count). The lowest BCUT2D eigenvalue weighted by atomic mass is 9.85. The van der Waals surface area contributed by atoms with E-state index in [9.17, 15) is 14.4 Å². The summed E-state index contributed by atoms with van der Waals surface area (Å²) in [5.74, 6) is 5.04. The molecule has 1 aromatic carbocycles. The quantitative estimate of drug-likeness (QED) is 0.654. The molecule has 0 bridgehead atoms. The average Bonchev–Trinajstić information content (AvgIpc) is 3.07. The van der Waals surface area contributed by atoms with Gasteiger partial charge in [0.05, 0.1) is 23.7 Å². The number of anilines is 2. The van der Waals surface area contributed by atoms with Crippen LogP contribution in [-0.2, 0) is 0 Å². The third-order valence-corrected chi connectivity index (χ3v) is 4.55. The Morgan fingerprint density at radius 1 is 1.32 bits per heavy atom. The normalized spacial score (nSPS) is 20.0. The molecular weight excluding hydrogens is 323 g/mol. The van der Waals surface area contributed by atoms with E-state index < -0.39 is 11.7 Å². The number of halogens is 1. The van der Waals surface area contributed by atoms with Crippen molar-refractivity contribution in [2.45, 2.75) is 31.7 Å². The summed E-state index contributed by atoms with van der Waals surface area (Å²) in [6, 6.07) is 7.70. The van der Waals surface area contributed by atoms with Gasteiger partial charge in [-0.15, -0.1) is 0 Å². The number of hydrogen-bond donors (Lipinski definition) is 2. The van der Waals surface area contributed by atoms with Gasteiger partial charge in [-0.1, -0.05) is 12.8 Å². The molecule has 4 N–H and O–H groups in total. The number of amides is 1. The fraction of sp³-hybridized carbons (Fsp3) is 0.353. The van der Waals surface area contributed by atoms with Gasteiger partial charge in [0.2, 0.25) is 0 Å². The highest BCUT2D eigenvalue weighted by Crippen LogP contribution is 2.35. The van der Waals surface area contributed by atoms with E-state index in [0.717, 1.165) is 25.7 Å². The van der Waals surface area contributed by atoms with E-state index in [1.54, 1.807) is 10.9 Å². The van der Waals surface area contributed by atoms with Crippen LogP contribution in [0.3, 0.4) is 0 Å². The highest BCUT2D eigenvalue weighted by atomic mass is 19.1. The highest BCUT2D eigenvalue weighted by Gasteiger charge is 2.29. The molecule has 2 aromatic rings. The molecule has 1 amide bonds. The minimum Gasteiger partial charge on any atom is -0.365 e. The van der Waals surface area contributed by atoms with Gasteiger partial charge in [0.1, 0.15) is 11.4 Å². The number of nitrogens with zero attached hydrogens (tertiary/aromatic N) is 4. The lowest BCUT2D eigenvalue weighted by Crippen LogP contribution is -2.28. The van der Waals surface area contributed by atoms with Crippen LogP contribution in [0.15, 0.2) is 30.5 Å². The van der Waals surface area contributed by atoms with Crippen LogP contribution in [-0.4, -0.2) is 15.7 Å². The summed E-state index contributed by atoms with van der Waals surface area (Å²) in [4.78, 5) is 11.8. The van der Waals surface area contributed by atoms with Gasteiger partial charge in [-0.2, -0.15) is 10.4 Å². The molecule has 0 saturated heterocycles. The van der Waals surface area contributed by atoms with Crippen LogP contribution < -0.4 is 16.6 Å². The van der Waals surface area contributed by atoms with Gasteiger partial charge in [-0.25, -0.2) is 10.2 Å². The van der Waals surface area contributed by atoms with Crippen LogP contribution in [0.5, 0.6) is 0 Å². The van der Waals surface area contributed by atoms with Gasteiger partial charge in [0, 0.05) is 6.20 Å². The summed E-state index contributed by atoms with van der Waals surface area (Å²) in [5, 5.41) is 15.0. The SMILES string of the molecule is N#CC1CCCC[C@@H]1n1cc(C(N)=O)c(N(N)c2ccc(F)cc2)n1. The van der Waals surface area contributed by atoms with E-state index in [-0.39, 0.29) is 23.3 Å². The van der Waals surface area contributed by atoms with Crippen LogP contribution in [0.4, 0.5) is 15.9 Å². The van der Waals surface area contributed by atoms with E-state index in [1.807, 2.05) is 0 Å². The summed E-state index contributed by atoms with van der Waals surface area (Å²) in [5.41, 5.74) is 6.09. The van der Waals surface area contributed by atoms with Crippen LogP contribution in [0.25, 0.3) is 0 Å². The maximum absolute atomic E-state index is 13.1. The fourth-order valence-corrected chi connectivity index (χ4v) is 3.21. The number of rotatable bonds is 4. The highest BCUT2D eigenvalue weighted by molar-refractivity contribution is 5.98. The smallest absolute Gasteiger partial charge is 0.254 e. The number of nitriles is 1. The Bertz CT molecular complexity index is 810. The molecule has 1 saturated carbocycles. The Hall–Kier alpha value is -2.92. The van der Waals surface area contributed by atoms with Crippen molar-refractivity contribution in [1.82, 2.24) is 9.78 Å². The summed E-state index contributed by atoms with van der Waals surface area (Å²) in [7, 11) is 0. The van der Waals surface area contributed by atoms with Crippen molar-refractivity contribution in [2.24, 2.45) is 17.5 Å². The molecule has 1 unspecified atom stereocenters. The largest absolute Gasteiger partial charge is 0.365 e. The van der Waals surface area contributed by atoms with Crippen molar-refractivity contribution in [1.29, 1.82) is 5.26 Å². The van der Waals surface area contributed by atoms with Crippen LogP contribution in [0.2, 0.25) is 0 Å². The lowest BCUT2D eigenvalue weighted by molar-refractivity contribution is 0.100. The molecular formula is C17H19FN6O. The minimum absolute atomic E-state index is 0.118. The van der Waals surface area contributed by atoms with E-state index in [4.69, 9.17) is 11.6 Å². The Morgan fingerprint density at radius 3 is 2.64 bits per heavy atom. The van der Waals surface area contributed by atoms with Crippen molar-refractivity contribution in [3.63, 3.8) is 0 Å². The predicted molar refractivity (Wildman–Crippen MR) is 90.1 cm³/mol. The molecule has 7 nitrogen and oxygen atoms in total. The van der Waals surface area contributed by atoms with Gasteiger partial charge in [0.15, 0.2) is 5.82 Å².